The first-order valence-electron chi connectivity index (χ1n) is 3.82. The summed E-state index contributed by atoms with van der Waals surface area (Å²) >= 11 is 3.46. The van der Waals surface area contributed by atoms with Crippen molar-refractivity contribution in [1.29, 1.82) is 0 Å². The normalized spacial score (nSPS) is 12.0. The predicted octanol–water partition coefficient (Wildman–Crippen LogP) is 1.17. The number of halogens is 1. The Hall–Kier alpha value is -0.450. The Morgan fingerprint density at radius 1 is 1.50 bits per heavy atom. The van der Waals surface area contributed by atoms with Crippen molar-refractivity contribution >= 4 is 15.9 Å². The van der Waals surface area contributed by atoms with Gasteiger partial charge in [-0.1, -0.05) is 29.8 Å². The Labute approximate surface area is 80.5 Å². The number of aryl methyl sites for hydroxylation is 1. The van der Waals surface area contributed by atoms with Crippen LogP contribution in [0.3, 0.4) is 0 Å². The third-order valence-electron chi connectivity index (χ3n) is 1.71. The highest BCUT2D eigenvalue weighted by atomic mass is 79.9. The third-order valence-corrected chi connectivity index (χ3v) is 3.22. The van der Waals surface area contributed by atoms with Crippen LogP contribution in [0.4, 0.5) is 0 Å². The molecule has 1 heterocycles. The standard InChI is InChI=1S/C7H13BrN4/c1-7(2,5-8)4-6-9-10-11-12(6)3/h4-5H2,1-3H3. The van der Waals surface area contributed by atoms with Crippen LogP contribution < -0.4 is 0 Å². The minimum atomic E-state index is 0.211. The molecule has 68 valence electrons. The Morgan fingerprint density at radius 2 is 2.17 bits per heavy atom. The van der Waals surface area contributed by atoms with Crippen LogP contribution in [0.1, 0.15) is 19.7 Å². The van der Waals surface area contributed by atoms with Gasteiger partial charge in [-0.25, -0.2) is 4.68 Å². The van der Waals surface area contributed by atoms with E-state index in [4.69, 9.17) is 0 Å². The van der Waals surface area contributed by atoms with Gasteiger partial charge in [-0.05, 0) is 15.8 Å². The Kier molecular flexibility index (Phi) is 2.82. The Bertz CT molecular complexity index is 256. The SMILES string of the molecule is Cn1nnnc1CC(C)(C)CBr. The number of alkyl halides is 1. The van der Waals surface area contributed by atoms with Gasteiger partial charge >= 0.3 is 0 Å². The third kappa shape index (κ3) is 2.27. The molecule has 12 heavy (non-hydrogen) atoms. The maximum Gasteiger partial charge on any atom is 0.151 e. The smallest absolute Gasteiger partial charge is 0.151 e. The van der Waals surface area contributed by atoms with E-state index in [1.165, 1.54) is 0 Å². The van der Waals surface area contributed by atoms with Crippen LogP contribution in [-0.2, 0) is 13.5 Å². The molecular weight excluding hydrogens is 220 g/mol. The van der Waals surface area contributed by atoms with Crippen LogP contribution in [0.2, 0.25) is 0 Å². The molecule has 0 aliphatic heterocycles. The lowest BCUT2D eigenvalue weighted by molar-refractivity contribution is 0.405. The number of nitrogens with zero attached hydrogens (tertiary/aromatic N) is 4. The Morgan fingerprint density at radius 3 is 2.58 bits per heavy atom. The molecule has 0 atom stereocenters. The lowest BCUT2D eigenvalue weighted by Crippen LogP contribution is -2.19. The lowest BCUT2D eigenvalue weighted by Gasteiger charge is -2.19. The van der Waals surface area contributed by atoms with Crippen LogP contribution in [0.25, 0.3) is 0 Å². The fourth-order valence-corrected chi connectivity index (χ4v) is 1.07. The topological polar surface area (TPSA) is 43.6 Å². The highest BCUT2D eigenvalue weighted by Crippen LogP contribution is 2.22. The van der Waals surface area contributed by atoms with Gasteiger partial charge in [0.2, 0.25) is 0 Å². The summed E-state index contributed by atoms with van der Waals surface area (Å²) in [7, 11) is 1.86. The van der Waals surface area contributed by atoms with Crippen molar-refractivity contribution in [3.63, 3.8) is 0 Å². The summed E-state index contributed by atoms with van der Waals surface area (Å²) in [6.45, 7) is 4.35. The molecule has 0 aromatic carbocycles. The van der Waals surface area contributed by atoms with Crippen LogP contribution >= 0.6 is 15.9 Å². The largest absolute Gasteiger partial charge is 0.233 e. The van der Waals surface area contributed by atoms with Crippen molar-refractivity contribution in [2.75, 3.05) is 5.33 Å². The van der Waals surface area contributed by atoms with Gasteiger partial charge in [0.25, 0.3) is 0 Å². The zero-order chi connectivity index (χ0) is 9.19. The first-order valence-corrected chi connectivity index (χ1v) is 4.94. The molecule has 0 spiro atoms. The molecule has 0 radical (unpaired) electrons. The zero-order valence-electron chi connectivity index (χ0n) is 7.58. The molecule has 0 bridgehead atoms. The maximum absolute atomic E-state index is 3.93. The molecule has 1 aromatic heterocycles. The first kappa shape index (κ1) is 9.64. The van der Waals surface area contributed by atoms with E-state index in [1.54, 1.807) is 4.68 Å². The van der Waals surface area contributed by atoms with Gasteiger partial charge < -0.3 is 0 Å². The number of tetrazole rings is 1. The van der Waals surface area contributed by atoms with Crippen LogP contribution in [0, 0.1) is 5.41 Å². The summed E-state index contributed by atoms with van der Waals surface area (Å²) in [5, 5.41) is 12.2. The average molecular weight is 233 g/mol. The van der Waals surface area contributed by atoms with Gasteiger partial charge in [0.05, 0.1) is 0 Å². The molecule has 0 aliphatic carbocycles. The van der Waals surface area contributed by atoms with Gasteiger partial charge in [0, 0.05) is 18.8 Å². The van der Waals surface area contributed by atoms with E-state index in [2.05, 4.69) is 45.3 Å². The van der Waals surface area contributed by atoms with Gasteiger partial charge in [-0.3, -0.25) is 0 Å². The molecular formula is C7H13BrN4. The molecule has 0 saturated heterocycles. The summed E-state index contributed by atoms with van der Waals surface area (Å²) in [5.74, 6) is 0.930. The van der Waals surface area contributed by atoms with Crippen molar-refractivity contribution in [3.8, 4) is 0 Å². The number of rotatable bonds is 3. The first-order chi connectivity index (χ1) is 5.55. The second-order valence-electron chi connectivity index (χ2n) is 3.69. The summed E-state index contributed by atoms with van der Waals surface area (Å²) in [6, 6.07) is 0. The molecule has 0 N–H and O–H groups in total. The molecule has 1 rings (SSSR count). The summed E-state index contributed by atoms with van der Waals surface area (Å²) in [5.41, 5.74) is 0.211. The molecule has 0 unspecified atom stereocenters. The molecule has 0 amide bonds. The van der Waals surface area contributed by atoms with Crippen molar-refractivity contribution in [1.82, 2.24) is 20.2 Å². The van der Waals surface area contributed by atoms with E-state index in [9.17, 15) is 0 Å². The molecule has 1 aromatic rings. The Balaban J connectivity index is 2.70. The lowest BCUT2D eigenvalue weighted by atomic mass is 9.92. The van der Waals surface area contributed by atoms with Gasteiger partial charge in [0.1, 0.15) is 0 Å². The monoisotopic (exact) mass is 232 g/mol. The molecule has 0 saturated carbocycles. The highest BCUT2D eigenvalue weighted by molar-refractivity contribution is 9.09. The van der Waals surface area contributed by atoms with E-state index in [1.807, 2.05) is 7.05 Å². The summed E-state index contributed by atoms with van der Waals surface area (Å²) < 4.78 is 1.71. The van der Waals surface area contributed by atoms with Gasteiger partial charge in [-0.2, -0.15) is 0 Å². The minimum Gasteiger partial charge on any atom is -0.233 e. The van der Waals surface area contributed by atoms with E-state index in [0.29, 0.717) is 0 Å². The average Bonchev–Trinajstić information content (AvgIpc) is 2.36. The van der Waals surface area contributed by atoms with Gasteiger partial charge in [0.15, 0.2) is 5.82 Å². The van der Waals surface area contributed by atoms with Crippen LogP contribution in [0.15, 0.2) is 0 Å². The van der Waals surface area contributed by atoms with Crippen molar-refractivity contribution in [3.05, 3.63) is 5.82 Å². The van der Waals surface area contributed by atoms with Crippen LogP contribution in [0.5, 0.6) is 0 Å². The summed E-state index contributed by atoms with van der Waals surface area (Å²) in [4.78, 5) is 0. The molecule has 4 nitrogen and oxygen atoms in total. The maximum atomic E-state index is 3.93. The van der Waals surface area contributed by atoms with Crippen molar-refractivity contribution in [2.45, 2.75) is 20.3 Å². The van der Waals surface area contributed by atoms with Crippen LogP contribution in [-0.4, -0.2) is 25.5 Å². The second kappa shape index (κ2) is 3.51. The molecule has 0 fully saturated rings. The highest BCUT2D eigenvalue weighted by Gasteiger charge is 2.19. The summed E-state index contributed by atoms with van der Waals surface area (Å²) in [6.07, 6.45) is 0.891. The zero-order valence-corrected chi connectivity index (χ0v) is 9.17. The number of hydrogen-bond donors (Lipinski definition) is 0. The van der Waals surface area contributed by atoms with E-state index in [-0.39, 0.29) is 5.41 Å². The molecule has 0 aliphatic rings. The quantitative estimate of drug-likeness (QED) is 0.736. The second-order valence-corrected chi connectivity index (χ2v) is 4.25. The number of aromatic nitrogens is 4. The van der Waals surface area contributed by atoms with E-state index < -0.39 is 0 Å². The van der Waals surface area contributed by atoms with Crippen molar-refractivity contribution in [2.24, 2.45) is 12.5 Å². The minimum absolute atomic E-state index is 0.211. The fourth-order valence-electron chi connectivity index (χ4n) is 0.873. The fraction of sp³-hybridized carbons (Fsp3) is 0.857. The van der Waals surface area contributed by atoms with Crippen molar-refractivity contribution < 1.29 is 0 Å². The van der Waals surface area contributed by atoms with Gasteiger partial charge in [-0.15, -0.1) is 5.10 Å². The van der Waals surface area contributed by atoms with E-state index in [0.717, 1.165) is 17.6 Å². The molecule has 5 heteroatoms. The number of hydrogen-bond acceptors (Lipinski definition) is 3. The van der Waals surface area contributed by atoms with E-state index >= 15 is 0 Å². The predicted molar refractivity (Wildman–Crippen MR) is 50.1 cm³/mol.